The Labute approximate surface area is 107 Å². The Kier molecular flexibility index (Phi) is 9.14. The third-order valence-corrected chi connectivity index (χ3v) is 2.10. The Bertz CT molecular complexity index is 367. The molecule has 1 aliphatic carbocycles. The number of nitrogens with one attached hydrogen (secondary N) is 1. The fourth-order valence-electron chi connectivity index (χ4n) is 1.18. The molecule has 98 valence electrons. The number of aldehydes is 1. The van der Waals surface area contributed by atoms with Crippen LogP contribution in [0.25, 0.3) is 0 Å². The first-order valence-electron chi connectivity index (χ1n) is 5.75. The zero-order valence-corrected chi connectivity index (χ0v) is 10.7. The average Bonchev–Trinajstić information content (AvgIpc) is 2.42. The van der Waals surface area contributed by atoms with Crippen LogP contribution in [0.15, 0.2) is 23.8 Å². The van der Waals surface area contributed by atoms with E-state index in [1.807, 2.05) is 18.2 Å². The number of ether oxygens (including phenoxy) is 1. The molecule has 1 unspecified atom stereocenters. The maximum atomic E-state index is 10.7. The van der Waals surface area contributed by atoms with Gasteiger partial charge in [0.2, 0.25) is 0 Å². The summed E-state index contributed by atoms with van der Waals surface area (Å²) in [6.07, 6.45) is 8.81. The van der Waals surface area contributed by atoms with Crippen LogP contribution in [0.1, 0.15) is 19.8 Å². The van der Waals surface area contributed by atoms with Crippen molar-refractivity contribution in [3.63, 3.8) is 0 Å². The minimum Gasteiger partial charge on any atom is -0.464 e. The second-order valence-corrected chi connectivity index (χ2v) is 3.40. The molecule has 0 bridgehead atoms. The summed E-state index contributed by atoms with van der Waals surface area (Å²) < 4.78 is 4.56. The van der Waals surface area contributed by atoms with Crippen LogP contribution in [0.3, 0.4) is 0 Å². The molecule has 1 aliphatic rings. The molecule has 0 fully saturated rings. The summed E-state index contributed by atoms with van der Waals surface area (Å²) in [6, 6.07) is 0.917. The van der Waals surface area contributed by atoms with Gasteiger partial charge in [0.25, 0.3) is 0 Å². The Balaban J connectivity index is 0.000000327. The van der Waals surface area contributed by atoms with Crippen molar-refractivity contribution in [3.8, 4) is 6.07 Å². The molecule has 0 amide bonds. The molecule has 0 aromatic carbocycles. The van der Waals surface area contributed by atoms with E-state index in [4.69, 9.17) is 5.26 Å². The molecule has 0 saturated heterocycles. The van der Waals surface area contributed by atoms with Crippen LogP contribution in [-0.2, 0) is 14.3 Å². The molecule has 0 heterocycles. The highest BCUT2D eigenvalue weighted by Gasteiger charge is 2.15. The summed E-state index contributed by atoms with van der Waals surface area (Å²) in [5.41, 5.74) is 0.816. The fraction of sp³-hybridized carbons (Fsp3) is 0.462. The quantitative estimate of drug-likeness (QED) is 0.597. The molecule has 0 aromatic heterocycles. The van der Waals surface area contributed by atoms with Crippen molar-refractivity contribution in [2.45, 2.75) is 25.8 Å². The van der Waals surface area contributed by atoms with Gasteiger partial charge >= 0.3 is 5.97 Å². The summed E-state index contributed by atoms with van der Waals surface area (Å²) in [6.45, 7) is 2.00. The normalized spacial score (nSPS) is 14.4. The Morgan fingerprint density at radius 1 is 1.67 bits per heavy atom. The van der Waals surface area contributed by atoms with Crippen LogP contribution in [0.4, 0.5) is 0 Å². The average molecular weight is 250 g/mol. The Morgan fingerprint density at radius 3 is 2.72 bits per heavy atom. The van der Waals surface area contributed by atoms with Gasteiger partial charge in [0, 0.05) is 5.57 Å². The van der Waals surface area contributed by atoms with E-state index in [0.717, 1.165) is 24.7 Å². The van der Waals surface area contributed by atoms with E-state index in [1.54, 1.807) is 13.0 Å². The van der Waals surface area contributed by atoms with Crippen LogP contribution < -0.4 is 5.32 Å². The highest BCUT2D eigenvalue weighted by Crippen LogP contribution is 2.05. The molecule has 0 saturated carbocycles. The summed E-state index contributed by atoms with van der Waals surface area (Å²) in [5.74, 6) is -0.521. The minimum atomic E-state index is -0.833. The van der Waals surface area contributed by atoms with E-state index in [9.17, 15) is 9.59 Å². The maximum Gasteiger partial charge on any atom is 0.337 e. The molecule has 18 heavy (non-hydrogen) atoms. The van der Waals surface area contributed by atoms with Gasteiger partial charge < -0.3 is 4.74 Å². The molecule has 1 rings (SSSR count). The maximum absolute atomic E-state index is 10.7. The lowest BCUT2D eigenvalue weighted by atomic mass is 10.1. The SMILES string of the molecule is CCOC(=O)C(C#N)NC.O=CC1=CCCC=C1. The van der Waals surface area contributed by atoms with Gasteiger partial charge in [0.1, 0.15) is 6.29 Å². The molecular formula is C13H18N2O3. The van der Waals surface area contributed by atoms with Crippen molar-refractivity contribution in [1.82, 2.24) is 5.32 Å². The minimum absolute atomic E-state index is 0.304. The van der Waals surface area contributed by atoms with Crippen molar-refractivity contribution >= 4 is 12.3 Å². The number of rotatable bonds is 4. The number of hydrogen-bond acceptors (Lipinski definition) is 5. The Hall–Kier alpha value is -1.93. The van der Waals surface area contributed by atoms with Gasteiger partial charge in [-0.25, -0.2) is 4.79 Å². The summed E-state index contributed by atoms with van der Waals surface area (Å²) in [5, 5.41) is 10.8. The second kappa shape index (κ2) is 10.2. The number of carbonyl (C=O) groups excluding carboxylic acids is 2. The summed E-state index contributed by atoms with van der Waals surface area (Å²) in [4.78, 5) is 20.7. The van der Waals surface area contributed by atoms with Gasteiger partial charge in [-0.15, -0.1) is 0 Å². The van der Waals surface area contributed by atoms with Crippen molar-refractivity contribution in [3.05, 3.63) is 23.8 Å². The standard InChI is InChI=1S/C7H8O.C6H10N2O2/c8-6-7-4-2-1-3-5-7;1-3-10-6(9)5(4-7)8-2/h2,4-6H,1,3H2;5,8H,3H2,1-2H3. The molecule has 1 atom stereocenters. The van der Waals surface area contributed by atoms with Crippen LogP contribution >= 0.6 is 0 Å². The van der Waals surface area contributed by atoms with Crippen LogP contribution in [-0.4, -0.2) is 32.0 Å². The van der Waals surface area contributed by atoms with E-state index in [2.05, 4.69) is 10.1 Å². The van der Waals surface area contributed by atoms with Gasteiger partial charge in [0.05, 0.1) is 12.7 Å². The summed E-state index contributed by atoms with van der Waals surface area (Å²) >= 11 is 0. The number of nitrogens with zero attached hydrogens (tertiary/aromatic N) is 1. The first-order chi connectivity index (χ1) is 8.69. The number of likely N-dealkylation sites (N-methyl/N-ethyl adjacent to an activating group) is 1. The van der Waals surface area contributed by atoms with Crippen molar-refractivity contribution in [2.24, 2.45) is 0 Å². The molecule has 0 aromatic rings. The monoisotopic (exact) mass is 250 g/mol. The van der Waals surface area contributed by atoms with E-state index < -0.39 is 12.0 Å². The predicted octanol–water partition coefficient (Wildman–Crippen LogP) is 1.12. The molecule has 5 nitrogen and oxygen atoms in total. The van der Waals surface area contributed by atoms with Gasteiger partial charge in [0.15, 0.2) is 6.04 Å². The van der Waals surface area contributed by atoms with E-state index in [1.165, 1.54) is 7.05 Å². The molecule has 0 radical (unpaired) electrons. The third-order valence-electron chi connectivity index (χ3n) is 2.10. The Morgan fingerprint density at radius 2 is 2.39 bits per heavy atom. The lowest BCUT2D eigenvalue weighted by molar-refractivity contribution is -0.143. The lowest BCUT2D eigenvalue weighted by Crippen LogP contribution is -2.33. The van der Waals surface area contributed by atoms with Crippen LogP contribution in [0.2, 0.25) is 0 Å². The molecule has 1 N–H and O–H groups in total. The first kappa shape index (κ1) is 16.1. The van der Waals surface area contributed by atoms with Gasteiger partial charge in [-0.2, -0.15) is 5.26 Å². The van der Waals surface area contributed by atoms with Gasteiger partial charge in [-0.05, 0) is 26.8 Å². The number of carbonyl (C=O) groups is 2. The van der Waals surface area contributed by atoms with Crippen LogP contribution in [0.5, 0.6) is 0 Å². The number of allylic oxidation sites excluding steroid dienone is 4. The smallest absolute Gasteiger partial charge is 0.337 e. The van der Waals surface area contributed by atoms with Crippen molar-refractivity contribution < 1.29 is 14.3 Å². The van der Waals surface area contributed by atoms with Crippen LogP contribution in [0, 0.1) is 11.3 Å². The topological polar surface area (TPSA) is 79.2 Å². The third kappa shape index (κ3) is 6.61. The molecule has 5 heteroatoms. The van der Waals surface area contributed by atoms with E-state index in [-0.39, 0.29) is 0 Å². The highest BCUT2D eigenvalue weighted by molar-refractivity contribution is 5.78. The van der Waals surface area contributed by atoms with Crippen molar-refractivity contribution in [1.29, 1.82) is 5.26 Å². The van der Waals surface area contributed by atoms with Crippen molar-refractivity contribution in [2.75, 3.05) is 13.7 Å². The number of hydrogen-bond donors (Lipinski definition) is 1. The molecule has 0 aliphatic heterocycles. The van der Waals surface area contributed by atoms with Gasteiger partial charge in [-0.3, -0.25) is 10.1 Å². The molecular weight excluding hydrogens is 232 g/mol. The number of esters is 1. The summed E-state index contributed by atoms with van der Waals surface area (Å²) in [7, 11) is 1.53. The number of nitriles is 1. The molecule has 0 spiro atoms. The highest BCUT2D eigenvalue weighted by atomic mass is 16.5. The zero-order valence-electron chi connectivity index (χ0n) is 10.7. The van der Waals surface area contributed by atoms with E-state index >= 15 is 0 Å². The second-order valence-electron chi connectivity index (χ2n) is 3.40. The first-order valence-corrected chi connectivity index (χ1v) is 5.75. The van der Waals surface area contributed by atoms with Gasteiger partial charge in [-0.1, -0.05) is 18.2 Å². The fourth-order valence-corrected chi connectivity index (χ4v) is 1.18. The zero-order chi connectivity index (χ0) is 13.8. The largest absolute Gasteiger partial charge is 0.464 e. The van der Waals surface area contributed by atoms with E-state index in [0.29, 0.717) is 6.61 Å². The lowest BCUT2D eigenvalue weighted by Gasteiger charge is -2.04. The predicted molar refractivity (Wildman–Crippen MR) is 67.6 cm³/mol.